The molecule has 18 heavy (non-hydrogen) atoms. The van der Waals surface area contributed by atoms with Crippen molar-refractivity contribution >= 4 is 33.3 Å². The van der Waals surface area contributed by atoms with Gasteiger partial charge in [-0.2, -0.15) is 0 Å². The van der Waals surface area contributed by atoms with Crippen LogP contribution in [0.25, 0.3) is 0 Å². The van der Waals surface area contributed by atoms with Crippen molar-refractivity contribution in [2.24, 2.45) is 0 Å². The molecule has 0 aliphatic carbocycles. The molecule has 1 rings (SSSR count). The monoisotopic (exact) mass is 288 g/mol. The van der Waals surface area contributed by atoms with Crippen LogP contribution in [-0.4, -0.2) is 14.4 Å². The van der Waals surface area contributed by atoms with Crippen LogP contribution in [0, 0.1) is 0 Å². The van der Waals surface area contributed by atoms with Gasteiger partial charge in [-0.1, -0.05) is 17.7 Å². The molecule has 0 radical (unpaired) electrons. The van der Waals surface area contributed by atoms with Gasteiger partial charge in [0.1, 0.15) is 0 Å². The molecule has 0 saturated carbocycles. The smallest absolute Gasteiger partial charge is 0.307 e. The van der Waals surface area contributed by atoms with Crippen LogP contribution in [0.2, 0.25) is 5.02 Å². The fraction of sp³-hybridized carbons (Fsp3) is 0.182. The Labute approximate surface area is 111 Å². The number of nitrogens with one attached hydrogen (secondary N) is 2. The molecule has 0 heterocycles. The lowest BCUT2D eigenvalue weighted by atomic mass is 10.3. The van der Waals surface area contributed by atoms with E-state index in [1.807, 2.05) is 4.72 Å². The molecule has 2 amide bonds. The number of benzene rings is 1. The van der Waals surface area contributed by atoms with Crippen LogP contribution in [-0.2, 0) is 10.0 Å². The highest BCUT2D eigenvalue weighted by atomic mass is 35.5. The predicted octanol–water partition coefficient (Wildman–Crippen LogP) is 2.72. The normalized spacial score (nSPS) is 12.1. The number of anilines is 1. The SMILES string of the molecule is CC=C(C)S(=O)(=O)NC(=O)Nc1ccc(Cl)cc1. The summed E-state index contributed by atoms with van der Waals surface area (Å²) in [6.45, 7) is 2.98. The van der Waals surface area contributed by atoms with Gasteiger partial charge in [0.25, 0.3) is 10.0 Å². The molecule has 5 nitrogen and oxygen atoms in total. The lowest BCUT2D eigenvalue weighted by Crippen LogP contribution is -2.34. The van der Waals surface area contributed by atoms with E-state index < -0.39 is 16.1 Å². The highest BCUT2D eigenvalue weighted by Crippen LogP contribution is 2.13. The number of rotatable bonds is 3. The molecule has 1 aromatic carbocycles. The molecule has 0 bridgehead atoms. The lowest BCUT2D eigenvalue weighted by Gasteiger charge is -2.08. The van der Waals surface area contributed by atoms with E-state index in [0.717, 1.165) is 0 Å². The highest BCUT2D eigenvalue weighted by Gasteiger charge is 2.15. The maximum Gasteiger partial charge on any atom is 0.333 e. The summed E-state index contributed by atoms with van der Waals surface area (Å²) in [5.41, 5.74) is 0.449. The number of urea groups is 1. The Morgan fingerprint density at radius 2 is 1.83 bits per heavy atom. The van der Waals surface area contributed by atoms with Crippen molar-refractivity contribution in [2.75, 3.05) is 5.32 Å². The summed E-state index contributed by atoms with van der Waals surface area (Å²) in [7, 11) is -3.76. The Morgan fingerprint density at radius 3 is 2.33 bits per heavy atom. The van der Waals surface area contributed by atoms with Gasteiger partial charge in [-0.3, -0.25) is 0 Å². The first kappa shape index (κ1) is 14.5. The number of halogens is 1. The molecule has 0 saturated heterocycles. The second-order valence-electron chi connectivity index (χ2n) is 3.47. The first-order valence-electron chi connectivity index (χ1n) is 5.07. The Morgan fingerprint density at radius 1 is 1.28 bits per heavy atom. The van der Waals surface area contributed by atoms with Crippen LogP contribution >= 0.6 is 11.6 Å². The average molecular weight is 289 g/mol. The quantitative estimate of drug-likeness (QED) is 0.898. The minimum Gasteiger partial charge on any atom is -0.307 e. The molecule has 7 heteroatoms. The fourth-order valence-corrected chi connectivity index (χ4v) is 1.94. The topological polar surface area (TPSA) is 75.3 Å². The van der Waals surface area contributed by atoms with Gasteiger partial charge in [0.05, 0.1) is 4.91 Å². The Hall–Kier alpha value is -1.53. The first-order chi connectivity index (χ1) is 8.35. The molecule has 0 fully saturated rings. The summed E-state index contributed by atoms with van der Waals surface area (Å²) in [4.78, 5) is 11.5. The van der Waals surface area contributed by atoms with E-state index in [1.54, 1.807) is 31.2 Å². The summed E-state index contributed by atoms with van der Waals surface area (Å²) in [6.07, 6.45) is 1.40. The summed E-state index contributed by atoms with van der Waals surface area (Å²) >= 11 is 5.68. The van der Waals surface area contributed by atoms with Gasteiger partial charge in [-0.05, 0) is 38.1 Å². The summed E-state index contributed by atoms with van der Waals surface area (Å²) < 4.78 is 25.0. The molecule has 0 spiro atoms. The maximum atomic E-state index is 11.6. The van der Waals surface area contributed by atoms with Gasteiger partial charge in [0.2, 0.25) is 0 Å². The number of hydrogen-bond acceptors (Lipinski definition) is 3. The highest BCUT2D eigenvalue weighted by molar-refractivity contribution is 7.93. The predicted molar refractivity (Wildman–Crippen MR) is 72.0 cm³/mol. The molecule has 0 aromatic heterocycles. The standard InChI is InChI=1S/C11H13ClN2O3S/c1-3-8(2)18(16,17)14-11(15)13-10-6-4-9(12)5-7-10/h3-7H,1-2H3,(H2,13,14,15). The van der Waals surface area contributed by atoms with Crippen molar-refractivity contribution in [3.05, 3.63) is 40.3 Å². The van der Waals surface area contributed by atoms with Crippen molar-refractivity contribution in [3.8, 4) is 0 Å². The number of sulfonamides is 1. The third-order valence-electron chi connectivity index (χ3n) is 2.16. The minimum atomic E-state index is -3.76. The first-order valence-corrected chi connectivity index (χ1v) is 6.93. The number of hydrogen-bond donors (Lipinski definition) is 2. The van der Waals surface area contributed by atoms with Crippen molar-refractivity contribution < 1.29 is 13.2 Å². The second-order valence-corrected chi connectivity index (χ2v) is 5.76. The zero-order valence-corrected chi connectivity index (χ0v) is 11.5. The van der Waals surface area contributed by atoms with Crippen LogP contribution in [0.4, 0.5) is 10.5 Å². The zero-order chi connectivity index (χ0) is 13.8. The Kier molecular flexibility index (Phi) is 4.75. The minimum absolute atomic E-state index is 0.0776. The molecule has 0 unspecified atom stereocenters. The van der Waals surface area contributed by atoms with Crippen molar-refractivity contribution in [3.63, 3.8) is 0 Å². The zero-order valence-electron chi connectivity index (χ0n) is 9.90. The van der Waals surface area contributed by atoms with Crippen LogP contribution in [0.15, 0.2) is 35.2 Å². The summed E-state index contributed by atoms with van der Waals surface area (Å²) in [5, 5.41) is 2.92. The second kappa shape index (κ2) is 5.88. The van der Waals surface area contributed by atoms with Crippen molar-refractivity contribution in [1.29, 1.82) is 0 Å². The number of allylic oxidation sites excluding steroid dienone is 2. The lowest BCUT2D eigenvalue weighted by molar-refractivity contribution is 0.256. The number of amides is 2. The Bertz CT molecular complexity index is 564. The van der Waals surface area contributed by atoms with E-state index in [9.17, 15) is 13.2 Å². The number of carbonyl (C=O) groups excluding carboxylic acids is 1. The van der Waals surface area contributed by atoms with E-state index in [2.05, 4.69) is 5.32 Å². The Balaban J connectivity index is 2.71. The van der Waals surface area contributed by atoms with Gasteiger partial charge in [-0.15, -0.1) is 0 Å². The molecule has 0 atom stereocenters. The van der Waals surface area contributed by atoms with Crippen LogP contribution in [0.1, 0.15) is 13.8 Å². The van der Waals surface area contributed by atoms with Crippen LogP contribution < -0.4 is 10.0 Å². The summed E-state index contributed by atoms with van der Waals surface area (Å²) in [5.74, 6) is 0. The van der Waals surface area contributed by atoms with Gasteiger partial charge >= 0.3 is 6.03 Å². The maximum absolute atomic E-state index is 11.6. The van der Waals surface area contributed by atoms with Crippen LogP contribution in [0.3, 0.4) is 0 Å². The van der Waals surface area contributed by atoms with E-state index in [1.165, 1.54) is 13.0 Å². The molecular formula is C11H13ClN2O3S. The molecular weight excluding hydrogens is 276 g/mol. The average Bonchev–Trinajstić information content (AvgIpc) is 2.30. The number of carbonyl (C=O) groups is 1. The molecule has 98 valence electrons. The van der Waals surface area contributed by atoms with Gasteiger partial charge in [0.15, 0.2) is 0 Å². The van der Waals surface area contributed by atoms with E-state index in [-0.39, 0.29) is 4.91 Å². The molecule has 0 aliphatic heterocycles. The van der Waals surface area contributed by atoms with Gasteiger partial charge in [0, 0.05) is 10.7 Å². The van der Waals surface area contributed by atoms with Gasteiger partial charge < -0.3 is 5.32 Å². The van der Waals surface area contributed by atoms with Gasteiger partial charge in [-0.25, -0.2) is 17.9 Å². The van der Waals surface area contributed by atoms with Crippen LogP contribution in [0.5, 0.6) is 0 Å². The fourth-order valence-electron chi connectivity index (χ4n) is 1.05. The van der Waals surface area contributed by atoms with Crippen molar-refractivity contribution in [1.82, 2.24) is 4.72 Å². The van der Waals surface area contributed by atoms with E-state index in [0.29, 0.717) is 10.7 Å². The third-order valence-corrected chi connectivity index (χ3v) is 3.95. The molecule has 2 N–H and O–H groups in total. The van der Waals surface area contributed by atoms with E-state index in [4.69, 9.17) is 11.6 Å². The summed E-state index contributed by atoms with van der Waals surface area (Å²) in [6, 6.07) is 5.48. The van der Waals surface area contributed by atoms with E-state index >= 15 is 0 Å². The molecule has 0 aliphatic rings. The molecule has 1 aromatic rings. The van der Waals surface area contributed by atoms with Crippen molar-refractivity contribution in [2.45, 2.75) is 13.8 Å². The third kappa shape index (κ3) is 4.05. The largest absolute Gasteiger partial charge is 0.333 e.